The van der Waals surface area contributed by atoms with Gasteiger partial charge < -0.3 is 15.8 Å². The topological polar surface area (TPSA) is 59.6 Å². The predicted molar refractivity (Wildman–Crippen MR) is 105 cm³/mol. The van der Waals surface area contributed by atoms with Crippen molar-refractivity contribution in [3.63, 3.8) is 0 Å². The van der Waals surface area contributed by atoms with E-state index in [1.165, 1.54) is 29.1 Å². The zero-order valence-electron chi connectivity index (χ0n) is 13.4. The Morgan fingerprint density at radius 2 is 1.96 bits per heavy atom. The van der Waals surface area contributed by atoms with E-state index in [-0.39, 0.29) is 36.3 Å². The van der Waals surface area contributed by atoms with Gasteiger partial charge in [0.25, 0.3) is 0 Å². The van der Waals surface area contributed by atoms with E-state index in [1.807, 2.05) is 11.4 Å². The van der Waals surface area contributed by atoms with Crippen molar-refractivity contribution in [3.8, 4) is 5.75 Å². The Morgan fingerprint density at radius 3 is 2.52 bits per heavy atom. The molecule has 2 rings (SSSR count). The highest BCUT2D eigenvalue weighted by atomic mass is 127. The largest absolute Gasteiger partial charge is 0.573 e. The van der Waals surface area contributed by atoms with Gasteiger partial charge in [0.05, 0.1) is 6.54 Å². The molecule has 0 spiro atoms. The Kier molecular flexibility index (Phi) is 8.50. The molecule has 0 radical (unpaired) electrons. The summed E-state index contributed by atoms with van der Waals surface area (Å²) in [4.78, 5) is 5.44. The third-order valence-electron chi connectivity index (χ3n) is 3.21. The van der Waals surface area contributed by atoms with Gasteiger partial charge in [-0.25, -0.2) is 4.99 Å². The number of thiophene rings is 1. The Balaban J connectivity index is 0.00000312. The maximum atomic E-state index is 12.1. The maximum Gasteiger partial charge on any atom is 0.573 e. The minimum atomic E-state index is -4.69. The van der Waals surface area contributed by atoms with Crippen LogP contribution >= 0.6 is 35.3 Å². The number of ether oxygens (including phenoxy) is 1. The molecule has 0 saturated carbocycles. The van der Waals surface area contributed by atoms with Crippen molar-refractivity contribution >= 4 is 41.3 Å². The van der Waals surface area contributed by atoms with E-state index >= 15 is 0 Å². The number of halogens is 4. The third kappa shape index (κ3) is 7.95. The number of nitrogens with two attached hydrogens (primary N) is 1. The third-order valence-corrected chi connectivity index (χ3v) is 4.31. The van der Waals surface area contributed by atoms with Crippen LogP contribution in [0, 0.1) is 0 Å². The molecular weight excluding hydrogens is 466 g/mol. The van der Waals surface area contributed by atoms with Gasteiger partial charge in [-0.15, -0.1) is 48.5 Å². The molecule has 1 heterocycles. The first-order chi connectivity index (χ1) is 11.3. The second-order valence-corrected chi connectivity index (χ2v) is 6.17. The minimum Gasteiger partial charge on any atom is -0.406 e. The summed E-state index contributed by atoms with van der Waals surface area (Å²) in [6.45, 7) is 3.03. The molecule has 0 fully saturated rings. The summed E-state index contributed by atoms with van der Waals surface area (Å²) in [5, 5.41) is 5.07. The number of aliphatic imine (C=N–C) groups is 1. The first kappa shape index (κ1) is 21.6. The van der Waals surface area contributed by atoms with Gasteiger partial charge in [0.15, 0.2) is 5.96 Å². The highest BCUT2D eigenvalue weighted by Crippen LogP contribution is 2.23. The maximum absolute atomic E-state index is 12.1. The predicted octanol–water partition coefficient (Wildman–Crippen LogP) is 4.47. The molecule has 1 aromatic carbocycles. The summed E-state index contributed by atoms with van der Waals surface area (Å²) >= 11 is 1.69. The monoisotopic (exact) mass is 485 g/mol. The Bertz CT molecular complexity index is 660. The van der Waals surface area contributed by atoms with Gasteiger partial charge in [-0.1, -0.05) is 25.1 Å². The molecular formula is C16H19F3IN3OS. The van der Waals surface area contributed by atoms with Gasteiger partial charge in [-0.05, 0) is 29.1 Å². The normalized spacial score (nSPS) is 13.0. The van der Waals surface area contributed by atoms with Crippen LogP contribution in [0.25, 0.3) is 0 Å². The van der Waals surface area contributed by atoms with Gasteiger partial charge in [0.1, 0.15) is 5.75 Å². The van der Waals surface area contributed by atoms with Crippen LogP contribution in [0.3, 0.4) is 0 Å². The average molecular weight is 485 g/mol. The smallest absolute Gasteiger partial charge is 0.406 e. The zero-order chi connectivity index (χ0) is 17.6. The van der Waals surface area contributed by atoms with E-state index in [9.17, 15) is 13.2 Å². The number of guanidine groups is 1. The summed E-state index contributed by atoms with van der Waals surface area (Å²) in [6, 6.07) is 9.61. The first-order valence-corrected chi connectivity index (χ1v) is 8.13. The van der Waals surface area contributed by atoms with Crippen LogP contribution in [-0.4, -0.2) is 18.9 Å². The van der Waals surface area contributed by atoms with Crippen molar-refractivity contribution in [2.75, 3.05) is 6.54 Å². The molecule has 1 atom stereocenters. The number of hydrogen-bond acceptors (Lipinski definition) is 3. The van der Waals surface area contributed by atoms with Crippen molar-refractivity contribution in [2.24, 2.45) is 10.7 Å². The molecule has 138 valence electrons. The number of nitrogens with one attached hydrogen (secondary N) is 1. The van der Waals surface area contributed by atoms with Crippen molar-refractivity contribution in [3.05, 3.63) is 52.2 Å². The van der Waals surface area contributed by atoms with E-state index in [1.54, 1.807) is 11.3 Å². The molecule has 3 N–H and O–H groups in total. The SMILES string of the molecule is CC(CNC(N)=NCc1ccc(OC(F)(F)F)cc1)c1cccs1.I. The average Bonchev–Trinajstić information content (AvgIpc) is 3.05. The lowest BCUT2D eigenvalue weighted by atomic mass is 10.1. The van der Waals surface area contributed by atoms with Crippen LogP contribution in [0.5, 0.6) is 5.75 Å². The summed E-state index contributed by atoms with van der Waals surface area (Å²) < 4.78 is 40.0. The summed E-state index contributed by atoms with van der Waals surface area (Å²) in [5.74, 6) is 0.359. The molecule has 9 heteroatoms. The fourth-order valence-electron chi connectivity index (χ4n) is 1.96. The summed E-state index contributed by atoms with van der Waals surface area (Å²) in [5.41, 5.74) is 6.54. The summed E-state index contributed by atoms with van der Waals surface area (Å²) in [7, 11) is 0. The van der Waals surface area contributed by atoms with E-state index in [2.05, 4.69) is 28.0 Å². The number of hydrogen-bond donors (Lipinski definition) is 2. The summed E-state index contributed by atoms with van der Waals surface area (Å²) in [6.07, 6.45) is -4.69. The van der Waals surface area contributed by atoms with Gasteiger partial charge in [-0.3, -0.25) is 0 Å². The minimum absolute atomic E-state index is 0. The fourth-order valence-corrected chi connectivity index (χ4v) is 2.75. The van der Waals surface area contributed by atoms with Gasteiger partial charge >= 0.3 is 6.36 Å². The fraction of sp³-hybridized carbons (Fsp3) is 0.312. The molecule has 0 amide bonds. The van der Waals surface area contributed by atoms with Crippen molar-refractivity contribution in [1.82, 2.24) is 5.32 Å². The molecule has 25 heavy (non-hydrogen) atoms. The van der Waals surface area contributed by atoms with Gasteiger partial charge in [0, 0.05) is 17.3 Å². The van der Waals surface area contributed by atoms with Crippen LogP contribution in [0.2, 0.25) is 0 Å². The Labute approximate surface area is 165 Å². The van der Waals surface area contributed by atoms with E-state index in [0.717, 1.165) is 5.56 Å². The Morgan fingerprint density at radius 1 is 1.28 bits per heavy atom. The van der Waals surface area contributed by atoms with Crippen LogP contribution in [0.15, 0.2) is 46.8 Å². The number of benzene rings is 1. The molecule has 0 aliphatic rings. The molecule has 0 aliphatic carbocycles. The van der Waals surface area contributed by atoms with Crippen molar-refractivity contribution < 1.29 is 17.9 Å². The van der Waals surface area contributed by atoms with Gasteiger partial charge in [0.2, 0.25) is 0 Å². The lowest BCUT2D eigenvalue weighted by molar-refractivity contribution is -0.274. The standard InChI is InChI=1S/C16H18F3N3OS.HI/c1-11(14-3-2-8-24-14)9-21-15(20)22-10-12-4-6-13(7-5-12)23-16(17,18)19;/h2-8,11H,9-10H2,1H3,(H3,20,21,22);1H. The molecule has 0 bridgehead atoms. The van der Waals surface area contributed by atoms with E-state index in [4.69, 9.17) is 5.73 Å². The van der Waals surface area contributed by atoms with Crippen LogP contribution in [0.4, 0.5) is 13.2 Å². The van der Waals surface area contributed by atoms with E-state index in [0.29, 0.717) is 18.4 Å². The quantitative estimate of drug-likeness (QED) is 0.361. The zero-order valence-corrected chi connectivity index (χ0v) is 16.6. The number of nitrogens with zero attached hydrogens (tertiary/aromatic N) is 1. The molecule has 0 aliphatic heterocycles. The van der Waals surface area contributed by atoms with Gasteiger partial charge in [-0.2, -0.15) is 0 Å². The highest BCUT2D eigenvalue weighted by Gasteiger charge is 2.30. The Hall–Kier alpha value is -1.49. The second-order valence-electron chi connectivity index (χ2n) is 5.19. The van der Waals surface area contributed by atoms with Crippen LogP contribution in [0.1, 0.15) is 23.3 Å². The molecule has 4 nitrogen and oxygen atoms in total. The second kappa shape index (κ2) is 9.85. The lowest BCUT2D eigenvalue weighted by Crippen LogP contribution is -2.34. The molecule has 1 aromatic heterocycles. The van der Waals surface area contributed by atoms with E-state index < -0.39 is 6.36 Å². The number of alkyl halides is 3. The molecule has 2 aromatic rings. The first-order valence-electron chi connectivity index (χ1n) is 7.25. The molecule has 1 unspecified atom stereocenters. The van der Waals surface area contributed by atoms with Crippen molar-refractivity contribution in [2.45, 2.75) is 25.7 Å². The van der Waals surface area contributed by atoms with Crippen LogP contribution in [-0.2, 0) is 6.54 Å². The molecule has 0 saturated heterocycles. The number of rotatable bonds is 6. The highest BCUT2D eigenvalue weighted by molar-refractivity contribution is 14.0. The lowest BCUT2D eigenvalue weighted by Gasteiger charge is -2.11. The van der Waals surface area contributed by atoms with Crippen LogP contribution < -0.4 is 15.8 Å². The van der Waals surface area contributed by atoms with Crippen molar-refractivity contribution in [1.29, 1.82) is 0 Å².